The molecule has 0 aliphatic heterocycles. The van der Waals surface area contributed by atoms with Crippen molar-refractivity contribution < 1.29 is 22.5 Å². The number of amides is 1. The van der Waals surface area contributed by atoms with Crippen molar-refractivity contribution in [2.75, 3.05) is 15.9 Å². The van der Waals surface area contributed by atoms with Crippen molar-refractivity contribution in [2.45, 2.75) is 19.9 Å². The Kier molecular flexibility index (Phi) is 5.79. The molecule has 0 heterocycles. The summed E-state index contributed by atoms with van der Waals surface area (Å²) in [4.78, 5) is 22.9. The van der Waals surface area contributed by atoms with Gasteiger partial charge in [-0.25, -0.2) is 12.8 Å². The van der Waals surface area contributed by atoms with Crippen molar-refractivity contribution in [3.05, 3.63) is 64.0 Å². The SMILES string of the molecule is Cc1ccc([N+](=O)[O-])cc1NC(=O)C(C)N(c1cccc(F)c1)S(C)(=O)=O. The summed E-state index contributed by atoms with van der Waals surface area (Å²) in [6, 6.07) is 7.59. The van der Waals surface area contributed by atoms with Gasteiger partial charge in [-0.2, -0.15) is 0 Å². The summed E-state index contributed by atoms with van der Waals surface area (Å²) in [6.07, 6.45) is 0.903. The molecule has 0 bridgehead atoms. The standard InChI is InChI=1S/C17H18FN3O5S/c1-11-7-8-15(21(23)24)10-16(11)19-17(22)12(2)20(27(3,25)26)14-6-4-5-13(18)9-14/h4-10,12H,1-3H3,(H,19,22). The number of nitro groups is 1. The predicted octanol–water partition coefficient (Wildman–Crippen LogP) is 2.84. The molecule has 0 saturated carbocycles. The van der Waals surface area contributed by atoms with Gasteiger partial charge in [0.25, 0.3) is 5.69 Å². The largest absolute Gasteiger partial charge is 0.324 e. The highest BCUT2D eigenvalue weighted by atomic mass is 32.2. The molecule has 1 unspecified atom stereocenters. The Morgan fingerprint density at radius 3 is 2.48 bits per heavy atom. The van der Waals surface area contributed by atoms with E-state index < -0.39 is 32.7 Å². The lowest BCUT2D eigenvalue weighted by Crippen LogP contribution is -2.45. The highest BCUT2D eigenvalue weighted by Gasteiger charge is 2.29. The molecule has 0 spiro atoms. The summed E-state index contributed by atoms with van der Waals surface area (Å²) in [7, 11) is -3.91. The molecule has 2 aromatic carbocycles. The van der Waals surface area contributed by atoms with Crippen molar-refractivity contribution in [3.63, 3.8) is 0 Å². The zero-order chi connectivity index (χ0) is 20.4. The van der Waals surface area contributed by atoms with Gasteiger partial charge < -0.3 is 5.32 Å². The fraction of sp³-hybridized carbons (Fsp3) is 0.235. The van der Waals surface area contributed by atoms with E-state index in [9.17, 15) is 27.7 Å². The number of benzene rings is 2. The highest BCUT2D eigenvalue weighted by molar-refractivity contribution is 7.92. The van der Waals surface area contributed by atoms with Crippen LogP contribution in [0.1, 0.15) is 12.5 Å². The minimum atomic E-state index is -3.91. The van der Waals surface area contributed by atoms with E-state index in [1.165, 1.54) is 37.3 Å². The van der Waals surface area contributed by atoms with E-state index in [0.717, 1.165) is 22.7 Å². The van der Waals surface area contributed by atoms with Gasteiger partial charge in [0.2, 0.25) is 15.9 Å². The molecule has 144 valence electrons. The monoisotopic (exact) mass is 395 g/mol. The second kappa shape index (κ2) is 7.70. The molecule has 1 atom stereocenters. The molecular weight excluding hydrogens is 377 g/mol. The first-order valence-electron chi connectivity index (χ1n) is 7.81. The number of non-ortho nitro benzene ring substituents is 1. The molecule has 0 fully saturated rings. The average Bonchev–Trinajstić information content (AvgIpc) is 2.55. The summed E-state index contributed by atoms with van der Waals surface area (Å²) in [6.45, 7) is 2.99. The third-order valence-electron chi connectivity index (χ3n) is 3.84. The van der Waals surface area contributed by atoms with Crippen LogP contribution in [-0.2, 0) is 14.8 Å². The van der Waals surface area contributed by atoms with Crippen LogP contribution in [-0.4, -0.2) is 31.5 Å². The number of sulfonamides is 1. The number of anilines is 2. The number of nitro benzene ring substituents is 1. The number of hydrogen-bond donors (Lipinski definition) is 1. The lowest BCUT2D eigenvalue weighted by molar-refractivity contribution is -0.384. The van der Waals surface area contributed by atoms with Crippen LogP contribution in [0.3, 0.4) is 0 Å². The molecule has 1 N–H and O–H groups in total. The smallest absolute Gasteiger partial charge is 0.271 e. The predicted molar refractivity (Wildman–Crippen MR) is 99.6 cm³/mol. The van der Waals surface area contributed by atoms with E-state index in [-0.39, 0.29) is 17.1 Å². The fourth-order valence-corrected chi connectivity index (χ4v) is 3.68. The quantitative estimate of drug-likeness (QED) is 0.597. The molecule has 10 heteroatoms. The molecule has 0 aromatic heterocycles. The average molecular weight is 395 g/mol. The van der Waals surface area contributed by atoms with E-state index in [2.05, 4.69) is 5.32 Å². The van der Waals surface area contributed by atoms with Gasteiger partial charge in [-0.3, -0.25) is 19.2 Å². The molecule has 27 heavy (non-hydrogen) atoms. The maximum absolute atomic E-state index is 13.5. The van der Waals surface area contributed by atoms with E-state index in [4.69, 9.17) is 0 Å². The van der Waals surface area contributed by atoms with Gasteiger partial charge in [0.1, 0.15) is 11.9 Å². The van der Waals surface area contributed by atoms with Crippen LogP contribution >= 0.6 is 0 Å². The van der Waals surface area contributed by atoms with Gasteiger partial charge in [0.15, 0.2) is 0 Å². The first-order valence-corrected chi connectivity index (χ1v) is 9.66. The van der Waals surface area contributed by atoms with Crippen LogP contribution in [0.2, 0.25) is 0 Å². The van der Waals surface area contributed by atoms with Gasteiger partial charge in [-0.15, -0.1) is 0 Å². The number of hydrogen-bond acceptors (Lipinski definition) is 5. The van der Waals surface area contributed by atoms with Crippen molar-refractivity contribution in [2.24, 2.45) is 0 Å². The molecule has 2 rings (SSSR count). The normalized spacial score (nSPS) is 12.3. The topological polar surface area (TPSA) is 110 Å². The van der Waals surface area contributed by atoms with E-state index in [1.807, 2.05) is 0 Å². The maximum atomic E-state index is 13.5. The third kappa shape index (κ3) is 4.79. The van der Waals surface area contributed by atoms with Gasteiger partial charge in [0, 0.05) is 12.1 Å². The Balaban J connectivity index is 2.36. The molecule has 0 saturated heterocycles. The second-order valence-electron chi connectivity index (χ2n) is 5.96. The maximum Gasteiger partial charge on any atom is 0.271 e. The third-order valence-corrected chi connectivity index (χ3v) is 5.08. The van der Waals surface area contributed by atoms with Crippen LogP contribution in [0, 0.1) is 22.9 Å². The van der Waals surface area contributed by atoms with E-state index in [1.54, 1.807) is 6.92 Å². The van der Waals surface area contributed by atoms with E-state index in [0.29, 0.717) is 5.56 Å². The van der Waals surface area contributed by atoms with Gasteiger partial charge >= 0.3 is 0 Å². The summed E-state index contributed by atoms with van der Waals surface area (Å²) < 4.78 is 38.7. The van der Waals surface area contributed by atoms with Crippen LogP contribution in [0.25, 0.3) is 0 Å². The number of halogens is 1. The Hall–Kier alpha value is -3.01. The van der Waals surface area contributed by atoms with Gasteiger partial charge in [-0.1, -0.05) is 12.1 Å². The van der Waals surface area contributed by atoms with Crippen LogP contribution in [0.5, 0.6) is 0 Å². The Morgan fingerprint density at radius 1 is 1.26 bits per heavy atom. The molecule has 0 aliphatic rings. The Labute approximate surface area is 155 Å². The first kappa shape index (κ1) is 20.3. The summed E-state index contributed by atoms with van der Waals surface area (Å²) in [5.74, 6) is -1.36. The van der Waals surface area contributed by atoms with Crippen molar-refractivity contribution in [3.8, 4) is 0 Å². The minimum absolute atomic E-state index is 0.00378. The lowest BCUT2D eigenvalue weighted by atomic mass is 10.1. The molecule has 0 aliphatic carbocycles. The number of rotatable bonds is 6. The Bertz CT molecular complexity index is 994. The molecular formula is C17H18FN3O5S. The van der Waals surface area contributed by atoms with Crippen LogP contribution in [0.15, 0.2) is 42.5 Å². The van der Waals surface area contributed by atoms with Crippen LogP contribution in [0.4, 0.5) is 21.5 Å². The minimum Gasteiger partial charge on any atom is -0.324 e. The highest BCUT2D eigenvalue weighted by Crippen LogP contribution is 2.25. The van der Waals surface area contributed by atoms with Crippen LogP contribution < -0.4 is 9.62 Å². The van der Waals surface area contributed by atoms with Gasteiger partial charge in [-0.05, 0) is 37.6 Å². The fourth-order valence-electron chi connectivity index (χ4n) is 2.52. The molecule has 0 radical (unpaired) electrons. The summed E-state index contributed by atoms with van der Waals surface area (Å²) >= 11 is 0. The number of aryl methyl sites for hydroxylation is 1. The number of nitrogens with one attached hydrogen (secondary N) is 1. The van der Waals surface area contributed by atoms with Crippen molar-refractivity contribution in [1.82, 2.24) is 0 Å². The zero-order valence-electron chi connectivity index (χ0n) is 14.8. The molecule has 2 aromatic rings. The number of carbonyl (C=O) groups excluding carboxylic acids is 1. The number of nitrogens with zero attached hydrogens (tertiary/aromatic N) is 2. The molecule has 1 amide bonds. The second-order valence-corrected chi connectivity index (χ2v) is 7.82. The Morgan fingerprint density at radius 2 is 1.93 bits per heavy atom. The van der Waals surface area contributed by atoms with E-state index >= 15 is 0 Å². The van der Waals surface area contributed by atoms with Crippen molar-refractivity contribution >= 4 is 33.0 Å². The zero-order valence-corrected chi connectivity index (χ0v) is 15.7. The molecule has 8 nitrogen and oxygen atoms in total. The number of carbonyl (C=O) groups is 1. The lowest BCUT2D eigenvalue weighted by Gasteiger charge is -2.28. The van der Waals surface area contributed by atoms with Gasteiger partial charge in [0.05, 0.1) is 22.6 Å². The van der Waals surface area contributed by atoms with Crippen molar-refractivity contribution in [1.29, 1.82) is 0 Å². The summed E-state index contributed by atoms with van der Waals surface area (Å²) in [5, 5.41) is 13.4. The summed E-state index contributed by atoms with van der Waals surface area (Å²) in [5.41, 5.74) is 0.538. The first-order chi connectivity index (χ1) is 12.5.